The lowest BCUT2D eigenvalue weighted by molar-refractivity contribution is 0.0921. The highest BCUT2D eigenvalue weighted by Gasteiger charge is 2.26. The van der Waals surface area contributed by atoms with Gasteiger partial charge in [-0.15, -0.1) is 0 Å². The summed E-state index contributed by atoms with van der Waals surface area (Å²) in [4.78, 5) is 2.36. The van der Waals surface area contributed by atoms with Crippen LogP contribution in [0.3, 0.4) is 0 Å². The van der Waals surface area contributed by atoms with Crippen molar-refractivity contribution in [2.24, 2.45) is 0 Å². The lowest BCUT2D eigenvalue weighted by Crippen LogP contribution is -2.39. The maximum absolute atomic E-state index is 10.6. The molecule has 0 spiro atoms. The van der Waals surface area contributed by atoms with Gasteiger partial charge < -0.3 is 5.11 Å². The molecule has 0 radical (unpaired) electrons. The first-order valence-corrected chi connectivity index (χ1v) is 11.9. The van der Waals surface area contributed by atoms with Gasteiger partial charge in [0.05, 0.1) is 18.7 Å². The van der Waals surface area contributed by atoms with Crippen LogP contribution in [-0.2, 0) is 13.0 Å². The van der Waals surface area contributed by atoms with Crippen LogP contribution in [0.1, 0.15) is 34.7 Å². The van der Waals surface area contributed by atoms with Gasteiger partial charge in [0.15, 0.2) is 0 Å². The number of benzene rings is 4. The number of hydrogen-bond acceptors (Lipinski definition) is 2. The molecule has 1 unspecified atom stereocenters. The fraction of sp³-hybridized carbons (Fsp3) is 0.188. The highest BCUT2D eigenvalue weighted by Crippen LogP contribution is 2.27. The van der Waals surface area contributed by atoms with E-state index >= 15 is 0 Å². The molecule has 2 atom stereocenters. The molecule has 0 aliphatic rings. The molecule has 4 aromatic rings. The molecule has 0 aliphatic carbocycles. The molecule has 0 aliphatic heterocycles. The van der Waals surface area contributed by atoms with Crippen LogP contribution in [0.2, 0.25) is 0 Å². The Bertz CT molecular complexity index is 1160. The summed E-state index contributed by atoms with van der Waals surface area (Å²) >= 11 is 0. The predicted molar refractivity (Wildman–Crippen MR) is 140 cm³/mol. The molecule has 1 N–H and O–H groups in total. The molecular formula is C32H31NO. The van der Waals surface area contributed by atoms with E-state index in [1.165, 1.54) is 11.1 Å². The second kappa shape index (κ2) is 12.6. The first-order chi connectivity index (χ1) is 16.8. The van der Waals surface area contributed by atoms with Crippen molar-refractivity contribution in [1.82, 2.24) is 4.90 Å². The second-order valence-electron chi connectivity index (χ2n) is 8.44. The molecule has 0 amide bonds. The molecule has 34 heavy (non-hydrogen) atoms. The summed E-state index contributed by atoms with van der Waals surface area (Å²) < 4.78 is 0. The summed E-state index contributed by atoms with van der Waals surface area (Å²) in [6.07, 6.45) is 1.80. The van der Waals surface area contributed by atoms with Gasteiger partial charge >= 0.3 is 0 Å². The van der Waals surface area contributed by atoms with Crippen molar-refractivity contribution < 1.29 is 5.11 Å². The maximum Gasteiger partial charge on any atom is 0.0730 e. The number of hydrogen-bond donors (Lipinski definition) is 1. The van der Waals surface area contributed by atoms with Crippen LogP contribution >= 0.6 is 0 Å². The van der Waals surface area contributed by atoms with Gasteiger partial charge in [-0.2, -0.15) is 0 Å². The van der Waals surface area contributed by atoms with Crippen molar-refractivity contribution in [3.63, 3.8) is 0 Å². The number of aliphatic hydroxyl groups is 1. The SMILES string of the molecule is OC[C@@H](c1ccccc1)N(Cc1ccccc1)C(C#Cc1ccccc1)CCc1ccccc1. The van der Waals surface area contributed by atoms with Gasteiger partial charge in [0.2, 0.25) is 0 Å². The third kappa shape index (κ3) is 6.68. The van der Waals surface area contributed by atoms with Crippen LogP contribution in [0.5, 0.6) is 0 Å². The Morgan fingerprint density at radius 3 is 1.76 bits per heavy atom. The van der Waals surface area contributed by atoms with Crippen LogP contribution in [0.15, 0.2) is 121 Å². The van der Waals surface area contributed by atoms with Crippen LogP contribution in [0.4, 0.5) is 0 Å². The molecule has 0 saturated heterocycles. The summed E-state index contributed by atoms with van der Waals surface area (Å²) in [6, 6.07) is 41.3. The zero-order chi connectivity index (χ0) is 23.4. The number of nitrogens with zero attached hydrogens (tertiary/aromatic N) is 1. The summed E-state index contributed by atoms with van der Waals surface area (Å²) in [5.74, 6) is 6.98. The Balaban J connectivity index is 1.71. The Kier molecular flexibility index (Phi) is 8.69. The van der Waals surface area contributed by atoms with Crippen molar-refractivity contribution in [3.05, 3.63) is 144 Å². The van der Waals surface area contributed by atoms with Crippen molar-refractivity contribution >= 4 is 0 Å². The zero-order valence-electron chi connectivity index (χ0n) is 19.4. The largest absolute Gasteiger partial charge is 0.394 e. The Labute approximate surface area is 203 Å². The van der Waals surface area contributed by atoms with Crippen molar-refractivity contribution in [3.8, 4) is 11.8 Å². The van der Waals surface area contributed by atoms with Gasteiger partial charge in [-0.25, -0.2) is 0 Å². The fourth-order valence-corrected chi connectivity index (χ4v) is 4.27. The summed E-state index contributed by atoms with van der Waals surface area (Å²) in [7, 11) is 0. The first-order valence-electron chi connectivity index (χ1n) is 11.9. The highest BCUT2D eigenvalue weighted by atomic mass is 16.3. The van der Waals surface area contributed by atoms with Crippen molar-refractivity contribution in [2.45, 2.75) is 31.5 Å². The minimum atomic E-state index is -0.146. The number of aliphatic hydroxyl groups excluding tert-OH is 1. The van der Waals surface area contributed by atoms with Crippen molar-refractivity contribution in [1.29, 1.82) is 0 Å². The molecule has 0 fully saturated rings. The quantitative estimate of drug-likeness (QED) is 0.307. The molecule has 2 nitrogen and oxygen atoms in total. The van der Waals surface area contributed by atoms with E-state index in [9.17, 15) is 5.11 Å². The lowest BCUT2D eigenvalue weighted by atomic mass is 9.98. The van der Waals surface area contributed by atoms with Gasteiger partial charge in [-0.3, -0.25) is 4.90 Å². The standard InChI is InChI=1S/C32H31NO/c34-26-32(30-19-11-4-12-20-30)33(25-29-17-9-3-10-18-29)31(23-21-27-13-5-1-6-14-27)24-22-28-15-7-2-8-16-28/h1-20,31-32,34H,21,23,25-26H2/t31?,32-/m0/s1. The first kappa shape index (κ1) is 23.5. The minimum Gasteiger partial charge on any atom is -0.394 e. The average molecular weight is 446 g/mol. The fourth-order valence-electron chi connectivity index (χ4n) is 4.27. The number of rotatable bonds is 9. The van der Waals surface area contributed by atoms with Gasteiger partial charge in [0.25, 0.3) is 0 Å². The van der Waals surface area contributed by atoms with E-state index in [0.717, 1.165) is 24.0 Å². The smallest absolute Gasteiger partial charge is 0.0730 e. The number of aryl methyl sites for hydroxylation is 1. The van der Waals surface area contributed by atoms with Crippen molar-refractivity contribution in [2.75, 3.05) is 6.61 Å². The summed E-state index contributed by atoms with van der Waals surface area (Å²) in [6.45, 7) is 0.746. The minimum absolute atomic E-state index is 0.0297. The van der Waals surface area contributed by atoms with Crippen LogP contribution < -0.4 is 0 Å². The van der Waals surface area contributed by atoms with E-state index in [-0.39, 0.29) is 18.7 Å². The molecule has 0 bridgehead atoms. The molecule has 0 heterocycles. The molecule has 0 aromatic heterocycles. The molecule has 4 aromatic carbocycles. The monoisotopic (exact) mass is 445 g/mol. The van der Waals surface area contributed by atoms with E-state index < -0.39 is 0 Å². The topological polar surface area (TPSA) is 23.5 Å². The van der Waals surface area contributed by atoms with E-state index in [1.807, 2.05) is 54.6 Å². The Hall–Kier alpha value is -3.64. The maximum atomic E-state index is 10.6. The van der Waals surface area contributed by atoms with E-state index in [0.29, 0.717) is 6.54 Å². The van der Waals surface area contributed by atoms with Gasteiger partial charge in [-0.05, 0) is 41.7 Å². The molecule has 0 saturated carbocycles. The molecular weight excluding hydrogens is 414 g/mol. The van der Waals surface area contributed by atoms with Gasteiger partial charge in [0, 0.05) is 12.1 Å². The van der Waals surface area contributed by atoms with Gasteiger partial charge in [0.1, 0.15) is 0 Å². The zero-order valence-corrected chi connectivity index (χ0v) is 19.4. The average Bonchev–Trinajstić information content (AvgIpc) is 2.91. The second-order valence-corrected chi connectivity index (χ2v) is 8.44. The van der Waals surface area contributed by atoms with Crippen LogP contribution in [-0.4, -0.2) is 22.7 Å². The Morgan fingerprint density at radius 1 is 0.647 bits per heavy atom. The van der Waals surface area contributed by atoms with Gasteiger partial charge in [-0.1, -0.05) is 121 Å². The third-order valence-electron chi connectivity index (χ3n) is 6.07. The predicted octanol–water partition coefficient (Wildman–Crippen LogP) is 6.28. The Morgan fingerprint density at radius 2 is 1.18 bits per heavy atom. The lowest BCUT2D eigenvalue weighted by Gasteiger charge is -2.35. The van der Waals surface area contributed by atoms with Crippen LogP contribution in [0, 0.1) is 11.8 Å². The molecule has 170 valence electrons. The van der Waals surface area contributed by atoms with E-state index in [2.05, 4.69) is 83.5 Å². The van der Waals surface area contributed by atoms with E-state index in [1.54, 1.807) is 0 Å². The molecule has 2 heteroatoms. The van der Waals surface area contributed by atoms with E-state index in [4.69, 9.17) is 0 Å². The third-order valence-corrected chi connectivity index (χ3v) is 6.07. The molecule has 4 rings (SSSR count). The summed E-state index contributed by atoms with van der Waals surface area (Å²) in [5.41, 5.74) is 4.62. The normalized spacial score (nSPS) is 12.5. The highest BCUT2D eigenvalue weighted by molar-refractivity contribution is 5.35. The summed E-state index contributed by atoms with van der Waals surface area (Å²) in [5, 5.41) is 10.6. The van der Waals surface area contributed by atoms with Crippen LogP contribution in [0.25, 0.3) is 0 Å².